The quantitative estimate of drug-likeness (QED) is 0.785. The molecule has 2 heterocycles. The van der Waals surface area contributed by atoms with Gasteiger partial charge in [0.2, 0.25) is 0 Å². The molecule has 0 amide bonds. The van der Waals surface area contributed by atoms with E-state index in [0.29, 0.717) is 0 Å². The van der Waals surface area contributed by atoms with E-state index in [1.54, 1.807) is 11.3 Å². The molecule has 0 atom stereocenters. The molecule has 0 spiro atoms. The Bertz CT molecular complexity index is 290. The van der Waals surface area contributed by atoms with Crippen LogP contribution in [0, 0.1) is 0 Å². The van der Waals surface area contributed by atoms with Crippen molar-refractivity contribution < 1.29 is 0 Å². The SMILES string of the molecule is Brc1cc(CN2CCCCCCC2)cs1. The van der Waals surface area contributed by atoms with Gasteiger partial charge in [0.1, 0.15) is 0 Å². The highest BCUT2D eigenvalue weighted by molar-refractivity contribution is 9.11. The average Bonchev–Trinajstić information content (AvgIpc) is 2.56. The minimum atomic E-state index is 1.14. The zero-order valence-corrected chi connectivity index (χ0v) is 11.4. The molecule has 1 fully saturated rings. The molecule has 0 aromatic carbocycles. The smallest absolute Gasteiger partial charge is 0.0701 e. The maximum Gasteiger partial charge on any atom is 0.0701 e. The standard InChI is InChI=1S/C12H18BrNS/c13-12-8-11(10-15-12)9-14-6-4-2-1-3-5-7-14/h8,10H,1-7,9H2. The topological polar surface area (TPSA) is 3.24 Å². The Kier molecular flexibility index (Phi) is 4.66. The van der Waals surface area contributed by atoms with Crippen LogP contribution in [0.2, 0.25) is 0 Å². The van der Waals surface area contributed by atoms with Gasteiger partial charge in [0.15, 0.2) is 0 Å². The number of hydrogen-bond donors (Lipinski definition) is 0. The Morgan fingerprint density at radius 2 is 1.80 bits per heavy atom. The summed E-state index contributed by atoms with van der Waals surface area (Å²) in [7, 11) is 0. The fourth-order valence-corrected chi connectivity index (χ4v) is 3.36. The molecule has 1 aliphatic rings. The summed E-state index contributed by atoms with van der Waals surface area (Å²) in [6.07, 6.45) is 7.04. The summed E-state index contributed by atoms with van der Waals surface area (Å²) >= 11 is 5.32. The minimum absolute atomic E-state index is 1.14. The van der Waals surface area contributed by atoms with E-state index >= 15 is 0 Å². The lowest BCUT2D eigenvalue weighted by molar-refractivity contribution is 0.240. The first-order chi connectivity index (χ1) is 7.34. The molecule has 0 N–H and O–H groups in total. The minimum Gasteiger partial charge on any atom is -0.299 e. The predicted octanol–water partition coefficient (Wildman–Crippen LogP) is 4.28. The van der Waals surface area contributed by atoms with E-state index in [-0.39, 0.29) is 0 Å². The Balaban J connectivity index is 1.86. The van der Waals surface area contributed by atoms with Crippen LogP contribution in [0.3, 0.4) is 0 Å². The summed E-state index contributed by atoms with van der Waals surface area (Å²) in [5.41, 5.74) is 1.47. The summed E-state index contributed by atoms with van der Waals surface area (Å²) in [5, 5.41) is 2.27. The summed E-state index contributed by atoms with van der Waals surface area (Å²) in [6.45, 7) is 3.71. The second-order valence-electron chi connectivity index (χ2n) is 4.30. The molecule has 0 saturated carbocycles. The van der Waals surface area contributed by atoms with E-state index in [1.165, 1.54) is 54.5 Å². The van der Waals surface area contributed by atoms with Crippen molar-refractivity contribution in [3.8, 4) is 0 Å². The molecule has 0 unspecified atom stereocenters. The first-order valence-corrected chi connectivity index (χ1v) is 7.47. The van der Waals surface area contributed by atoms with E-state index in [9.17, 15) is 0 Å². The van der Waals surface area contributed by atoms with Gasteiger partial charge in [-0.2, -0.15) is 0 Å². The molecule has 0 radical (unpaired) electrons. The van der Waals surface area contributed by atoms with Gasteiger partial charge in [-0.25, -0.2) is 0 Å². The van der Waals surface area contributed by atoms with Crippen LogP contribution in [0.25, 0.3) is 0 Å². The third-order valence-corrected chi connectivity index (χ3v) is 4.53. The average molecular weight is 288 g/mol. The second-order valence-corrected chi connectivity index (χ2v) is 6.59. The third-order valence-electron chi connectivity index (χ3n) is 2.98. The highest BCUT2D eigenvalue weighted by Crippen LogP contribution is 2.22. The summed E-state index contributed by atoms with van der Waals surface area (Å²) in [5.74, 6) is 0. The Labute approximate surface area is 105 Å². The van der Waals surface area contributed by atoms with Gasteiger partial charge in [-0.05, 0) is 58.9 Å². The van der Waals surface area contributed by atoms with Crippen LogP contribution in [0.4, 0.5) is 0 Å². The second kappa shape index (κ2) is 6.02. The molecule has 1 aromatic heterocycles. The fraction of sp³-hybridized carbons (Fsp3) is 0.667. The molecular formula is C12H18BrNS. The van der Waals surface area contributed by atoms with E-state index in [0.717, 1.165) is 6.54 Å². The van der Waals surface area contributed by atoms with Crippen molar-refractivity contribution in [1.29, 1.82) is 0 Å². The van der Waals surface area contributed by atoms with Crippen LogP contribution < -0.4 is 0 Å². The highest BCUT2D eigenvalue weighted by Gasteiger charge is 2.09. The summed E-state index contributed by atoms with van der Waals surface area (Å²) in [6, 6.07) is 2.25. The predicted molar refractivity (Wildman–Crippen MR) is 70.4 cm³/mol. The molecule has 3 heteroatoms. The maximum absolute atomic E-state index is 3.52. The van der Waals surface area contributed by atoms with Gasteiger partial charge in [-0.1, -0.05) is 19.3 Å². The van der Waals surface area contributed by atoms with Gasteiger partial charge >= 0.3 is 0 Å². The normalized spacial score (nSPS) is 19.8. The Morgan fingerprint density at radius 3 is 2.40 bits per heavy atom. The zero-order chi connectivity index (χ0) is 10.5. The van der Waals surface area contributed by atoms with Gasteiger partial charge in [-0.15, -0.1) is 11.3 Å². The monoisotopic (exact) mass is 287 g/mol. The van der Waals surface area contributed by atoms with Crippen LogP contribution in [0.5, 0.6) is 0 Å². The van der Waals surface area contributed by atoms with E-state index in [2.05, 4.69) is 32.3 Å². The van der Waals surface area contributed by atoms with Crippen molar-refractivity contribution in [3.05, 3.63) is 20.8 Å². The Hall–Kier alpha value is 0.140. The molecule has 84 valence electrons. The van der Waals surface area contributed by atoms with Crippen molar-refractivity contribution in [1.82, 2.24) is 4.90 Å². The fourth-order valence-electron chi connectivity index (χ4n) is 2.16. The van der Waals surface area contributed by atoms with Gasteiger partial charge in [0.05, 0.1) is 3.79 Å². The van der Waals surface area contributed by atoms with Crippen LogP contribution in [-0.4, -0.2) is 18.0 Å². The zero-order valence-electron chi connectivity index (χ0n) is 9.04. The number of rotatable bonds is 2. The lowest BCUT2D eigenvalue weighted by Crippen LogP contribution is -2.26. The molecule has 0 bridgehead atoms. The van der Waals surface area contributed by atoms with Crippen LogP contribution in [-0.2, 0) is 6.54 Å². The number of likely N-dealkylation sites (tertiary alicyclic amines) is 1. The number of nitrogens with zero attached hydrogens (tertiary/aromatic N) is 1. The summed E-state index contributed by atoms with van der Waals surface area (Å²) < 4.78 is 1.25. The van der Waals surface area contributed by atoms with E-state index in [4.69, 9.17) is 0 Å². The number of halogens is 1. The van der Waals surface area contributed by atoms with Crippen molar-refractivity contribution in [2.24, 2.45) is 0 Å². The summed E-state index contributed by atoms with van der Waals surface area (Å²) in [4.78, 5) is 2.60. The van der Waals surface area contributed by atoms with Gasteiger partial charge in [-0.3, -0.25) is 4.90 Å². The van der Waals surface area contributed by atoms with Crippen molar-refractivity contribution in [2.45, 2.75) is 38.6 Å². The van der Waals surface area contributed by atoms with Crippen molar-refractivity contribution in [2.75, 3.05) is 13.1 Å². The first kappa shape index (κ1) is 11.6. The number of thiophene rings is 1. The lowest BCUT2D eigenvalue weighted by Gasteiger charge is -2.23. The molecule has 1 aliphatic heterocycles. The first-order valence-electron chi connectivity index (χ1n) is 5.80. The molecular weight excluding hydrogens is 270 g/mol. The van der Waals surface area contributed by atoms with Crippen LogP contribution >= 0.6 is 27.3 Å². The molecule has 1 aromatic rings. The number of hydrogen-bond acceptors (Lipinski definition) is 2. The van der Waals surface area contributed by atoms with E-state index in [1.807, 2.05) is 0 Å². The third kappa shape index (κ3) is 3.89. The lowest BCUT2D eigenvalue weighted by atomic mass is 10.1. The van der Waals surface area contributed by atoms with Crippen molar-refractivity contribution in [3.63, 3.8) is 0 Å². The van der Waals surface area contributed by atoms with Gasteiger partial charge in [0, 0.05) is 6.54 Å². The van der Waals surface area contributed by atoms with Crippen LogP contribution in [0.1, 0.15) is 37.7 Å². The molecule has 0 aliphatic carbocycles. The molecule has 2 rings (SSSR count). The Morgan fingerprint density at radius 1 is 1.13 bits per heavy atom. The molecule has 1 saturated heterocycles. The molecule has 15 heavy (non-hydrogen) atoms. The largest absolute Gasteiger partial charge is 0.299 e. The van der Waals surface area contributed by atoms with E-state index < -0.39 is 0 Å². The highest BCUT2D eigenvalue weighted by atomic mass is 79.9. The van der Waals surface area contributed by atoms with Crippen molar-refractivity contribution >= 4 is 27.3 Å². The molecule has 1 nitrogen and oxygen atoms in total. The van der Waals surface area contributed by atoms with Gasteiger partial charge in [0.25, 0.3) is 0 Å². The van der Waals surface area contributed by atoms with Crippen LogP contribution in [0.15, 0.2) is 15.2 Å². The van der Waals surface area contributed by atoms with Gasteiger partial charge < -0.3 is 0 Å². The maximum atomic E-state index is 3.52.